The maximum atomic E-state index is 12.6. The van der Waals surface area contributed by atoms with E-state index in [0.29, 0.717) is 30.2 Å². The van der Waals surface area contributed by atoms with Gasteiger partial charge in [-0.3, -0.25) is 14.6 Å². The molecule has 8 nitrogen and oxygen atoms in total. The summed E-state index contributed by atoms with van der Waals surface area (Å²) in [5.41, 5.74) is 1.84. The molecule has 4 heterocycles. The second-order valence-corrected chi connectivity index (χ2v) is 7.40. The Balaban J connectivity index is 1.41. The summed E-state index contributed by atoms with van der Waals surface area (Å²) in [7, 11) is 0. The second kappa shape index (κ2) is 9.00. The lowest BCUT2D eigenvalue weighted by atomic mass is 10.1. The molecule has 0 unspecified atom stereocenters. The molecule has 4 rings (SSSR count). The smallest absolute Gasteiger partial charge is 0.252 e. The lowest BCUT2D eigenvalue weighted by molar-refractivity contribution is -0.117. The predicted molar refractivity (Wildman–Crippen MR) is 111 cm³/mol. The summed E-state index contributed by atoms with van der Waals surface area (Å²) < 4.78 is 0. The molecule has 0 aliphatic carbocycles. The molecule has 152 valence electrons. The van der Waals surface area contributed by atoms with Crippen molar-refractivity contribution in [3.8, 4) is 0 Å². The Kier molecular flexibility index (Phi) is 6.00. The monoisotopic (exact) mass is 394 g/mol. The number of amides is 2. The molecular weight excluding hydrogens is 368 g/mol. The standard InChI is InChI=1S/C21H26N6O2/c28-19-14-25-20-18(27(19)15-17-6-1-2-7-22-17)12-16(13-24-20)21(29)23-8-5-11-26-9-3-4-10-26/h1-2,6-7,12-13H,3-5,8-11,14-15H2,(H,23,29)(H,24,25). The van der Waals surface area contributed by atoms with Gasteiger partial charge in [-0.1, -0.05) is 6.07 Å². The Morgan fingerprint density at radius 3 is 2.86 bits per heavy atom. The minimum absolute atomic E-state index is 0.0758. The molecule has 0 saturated carbocycles. The number of hydrogen-bond donors (Lipinski definition) is 2. The Bertz CT molecular complexity index is 867. The van der Waals surface area contributed by atoms with Crippen molar-refractivity contribution < 1.29 is 9.59 Å². The fourth-order valence-electron chi connectivity index (χ4n) is 3.75. The van der Waals surface area contributed by atoms with Gasteiger partial charge in [-0.25, -0.2) is 4.98 Å². The number of likely N-dealkylation sites (tertiary alicyclic amines) is 1. The van der Waals surface area contributed by atoms with Crippen molar-refractivity contribution in [2.75, 3.05) is 42.9 Å². The summed E-state index contributed by atoms with van der Waals surface area (Å²) in [6.07, 6.45) is 6.73. The molecule has 0 radical (unpaired) electrons. The van der Waals surface area contributed by atoms with Crippen molar-refractivity contribution in [1.29, 1.82) is 0 Å². The van der Waals surface area contributed by atoms with Crippen molar-refractivity contribution in [2.45, 2.75) is 25.8 Å². The number of aromatic nitrogens is 2. The lowest BCUT2D eigenvalue weighted by Gasteiger charge is -2.29. The van der Waals surface area contributed by atoms with Gasteiger partial charge in [0.25, 0.3) is 5.91 Å². The zero-order valence-corrected chi connectivity index (χ0v) is 16.4. The molecule has 8 heteroatoms. The van der Waals surface area contributed by atoms with E-state index in [2.05, 4.69) is 25.5 Å². The minimum Gasteiger partial charge on any atom is -0.359 e. The molecule has 0 aromatic carbocycles. The van der Waals surface area contributed by atoms with Gasteiger partial charge in [-0.15, -0.1) is 0 Å². The molecule has 0 atom stereocenters. The molecule has 29 heavy (non-hydrogen) atoms. The van der Waals surface area contributed by atoms with Gasteiger partial charge < -0.3 is 20.4 Å². The first-order chi connectivity index (χ1) is 14.2. The highest BCUT2D eigenvalue weighted by atomic mass is 16.2. The molecule has 2 amide bonds. The molecule has 2 aliphatic rings. The Labute approximate surface area is 170 Å². The van der Waals surface area contributed by atoms with Crippen LogP contribution < -0.4 is 15.5 Å². The van der Waals surface area contributed by atoms with E-state index in [-0.39, 0.29) is 18.4 Å². The van der Waals surface area contributed by atoms with E-state index in [1.54, 1.807) is 23.4 Å². The highest BCUT2D eigenvalue weighted by Gasteiger charge is 2.26. The highest BCUT2D eigenvalue weighted by Crippen LogP contribution is 2.29. The van der Waals surface area contributed by atoms with Crippen molar-refractivity contribution >= 4 is 23.3 Å². The van der Waals surface area contributed by atoms with Gasteiger partial charge in [-0.2, -0.15) is 0 Å². The molecule has 2 aromatic heterocycles. The van der Waals surface area contributed by atoms with Crippen LogP contribution in [-0.4, -0.2) is 59.4 Å². The summed E-state index contributed by atoms with van der Waals surface area (Å²) in [6.45, 7) is 4.48. The van der Waals surface area contributed by atoms with E-state index in [0.717, 1.165) is 31.7 Å². The van der Waals surface area contributed by atoms with E-state index in [1.807, 2.05) is 18.2 Å². The molecule has 2 N–H and O–H groups in total. The number of rotatable bonds is 7. The van der Waals surface area contributed by atoms with Crippen LogP contribution in [0.4, 0.5) is 11.5 Å². The molecule has 0 spiro atoms. The largest absolute Gasteiger partial charge is 0.359 e. The van der Waals surface area contributed by atoms with E-state index < -0.39 is 0 Å². The van der Waals surface area contributed by atoms with E-state index in [9.17, 15) is 9.59 Å². The maximum absolute atomic E-state index is 12.6. The zero-order valence-electron chi connectivity index (χ0n) is 16.4. The van der Waals surface area contributed by atoms with Crippen molar-refractivity contribution in [3.05, 3.63) is 47.9 Å². The number of nitrogens with one attached hydrogen (secondary N) is 2. The predicted octanol–water partition coefficient (Wildman–Crippen LogP) is 1.65. The summed E-state index contributed by atoms with van der Waals surface area (Å²) in [5, 5.41) is 5.98. The van der Waals surface area contributed by atoms with Crippen LogP contribution in [0.15, 0.2) is 36.7 Å². The van der Waals surface area contributed by atoms with E-state index in [1.165, 1.54) is 12.8 Å². The third-order valence-electron chi connectivity index (χ3n) is 5.31. The van der Waals surface area contributed by atoms with Gasteiger partial charge in [0.05, 0.1) is 30.0 Å². The number of anilines is 2. The first-order valence-electron chi connectivity index (χ1n) is 10.2. The van der Waals surface area contributed by atoms with Gasteiger partial charge in [0.1, 0.15) is 0 Å². The quantitative estimate of drug-likeness (QED) is 0.694. The van der Waals surface area contributed by atoms with Crippen LogP contribution in [0.2, 0.25) is 0 Å². The first kappa shape index (κ1) is 19.3. The Morgan fingerprint density at radius 2 is 2.07 bits per heavy atom. The van der Waals surface area contributed by atoms with Crippen LogP contribution in [0.5, 0.6) is 0 Å². The first-order valence-corrected chi connectivity index (χ1v) is 10.2. The fraction of sp³-hybridized carbons (Fsp3) is 0.429. The second-order valence-electron chi connectivity index (χ2n) is 7.40. The zero-order chi connectivity index (χ0) is 20.1. The van der Waals surface area contributed by atoms with Crippen LogP contribution in [0.1, 0.15) is 35.3 Å². The molecule has 1 saturated heterocycles. The molecule has 1 fully saturated rings. The molecule has 0 bridgehead atoms. The highest BCUT2D eigenvalue weighted by molar-refractivity contribution is 6.03. The van der Waals surface area contributed by atoms with Gasteiger partial charge >= 0.3 is 0 Å². The fourth-order valence-corrected chi connectivity index (χ4v) is 3.75. The summed E-state index contributed by atoms with van der Waals surface area (Å²) in [6, 6.07) is 7.33. The normalized spacial score (nSPS) is 16.4. The van der Waals surface area contributed by atoms with Crippen molar-refractivity contribution in [3.63, 3.8) is 0 Å². The van der Waals surface area contributed by atoms with Crippen LogP contribution in [0.3, 0.4) is 0 Å². The van der Waals surface area contributed by atoms with Crippen LogP contribution >= 0.6 is 0 Å². The van der Waals surface area contributed by atoms with Crippen LogP contribution in [0, 0.1) is 0 Å². The average Bonchev–Trinajstić information content (AvgIpc) is 3.27. The Hall–Kier alpha value is -3.00. The molecule has 2 aliphatic heterocycles. The molecule has 2 aromatic rings. The third-order valence-corrected chi connectivity index (χ3v) is 5.31. The average molecular weight is 394 g/mol. The van der Waals surface area contributed by atoms with Crippen LogP contribution in [-0.2, 0) is 11.3 Å². The van der Waals surface area contributed by atoms with Gasteiger partial charge in [0.15, 0.2) is 5.82 Å². The number of nitrogens with zero attached hydrogens (tertiary/aromatic N) is 4. The SMILES string of the molecule is O=C(NCCCN1CCCC1)c1cnc2c(c1)N(Cc1ccccn1)C(=O)CN2. The van der Waals surface area contributed by atoms with Gasteiger partial charge in [-0.05, 0) is 57.1 Å². The summed E-state index contributed by atoms with van der Waals surface area (Å²) in [5.74, 6) is 0.358. The number of carbonyl (C=O) groups excluding carboxylic acids is 2. The Morgan fingerprint density at radius 1 is 1.21 bits per heavy atom. The van der Waals surface area contributed by atoms with Gasteiger partial charge in [0, 0.05) is 18.9 Å². The number of fused-ring (bicyclic) bond motifs is 1. The third kappa shape index (κ3) is 4.71. The topological polar surface area (TPSA) is 90.5 Å². The summed E-state index contributed by atoms with van der Waals surface area (Å²) >= 11 is 0. The van der Waals surface area contributed by atoms with Crippen LogP contribution in [0.25, 0.3) is 0 Å². The van der Waals surface area contributed by atoms with E-state index >= 15 is 0 Å². The number of carbonyl (C=O) groups is 2. The molecular formula is C21H26N6O2. The van der Waals surface area contributed by atoms with Gasteiger partial charge in [0.2, 0.25) is 5.91 Å². The van der Waals surface area contributed by atoms with E-state index in [4.69, 9.17) is 0 Å². The maximum Gasteiger partial charge on any atom is 0.252 e. The lowest BCUT2D eigenvalue weighted by Crippen LogP contribution is -2.40. The minimum atomic E-state index is -0.169. The summed E-state index contributed by atoms with van der Waals surface area (Å²) in [4.78, 5) is 37.8. The number of hydrogen-bond acceptors (Lipinski definition) is 6. The van der Waals surface area contributed by atoms with Crippen molar-refractivity contribution in [2.24, 2.45) is 0 Å². The van der Waals surface area contributed by atoms with Crippen molar-refractivity contribution in [1.82, 2.24) is 20.2 Å². The number of pyridine rings is 2.